The van der Waals surface area contributed by atoms with E-state index in [9.17, 15) is 9.18 Å². The van der Waals surface area contributed by atoms with E-state index < -0.39 is 11.9 Å². The minimum absolute atomic E-state index is 0.174. The Morgan fingerprint density at radius 2 is 1.92 bits per heavy atom. The molecule has 1 atom stereocenters. The lowest BCUT2D eigenvalue weighted by Gasteiger charge is -2.23. The summed E-state index contributed by atoms with van der Waals surface area (Å²) in [4.78, 5) is 14.0. The number of methoxy groups -OCH3 is 1. The molecule has 0 N–H and O–H groups in total. The van der Waals surface area contributed by atoms with Gasteiger partial charge >= 0.3 is 0 Å². The quantitative estimate of drug-likeness (QED) is 0.769. The third-order valence-electron chi connectivity index (χ3n) is 3.80. The lowest BCUT2D eigenvalue weighted by Crippen LogP contribution is -2.37. The summed E-state index contributed by atoms with van der Waals surface area (Å²) in [7, 11) is 3.06. The molecule has 25 heavy (non-hydrogen) atoms. The first-order valence-corrected chi connectivity index (χ1v) is 8.19. The number of hydrogen-bond donors (Lipinski definition) is 0. The highest BCUT2D eigenvalue weighted by molar-refractivity contribution is 6.30. The van der Waals surface area contributed by atoms with Crippen LogP contribution in [0.3, 0.4) is 0 Å². The number of amides is 1. The highest BCUT2D eigenvalue weighted by atomic mass is 35.5. The molecule has 0 aliphatic rings. The fourth-order valence-electron chi connectivity index (χ4n) is 2.46. The Bertz CT molecular complexity index is 766. The van der Waals surface area contributed by atoms with Gasteiger partial charge < -0.3 is 14.4 Å². The van der Waals surface area contributed by atoms with Crippen LogP contribution in [0, 0.1) is 12.7 Å². The first kappa shape index (κ1) is 19.1. The summed E-state index contributed by atoms with van der Waals surface area (Å²) in [5, 5.41) is 0.613. The molecule has 0 aromatic heterocycles. The first-order valence-electron chi connectivity index (χ1n) is 7.82. The first-order chi connectivity index (χ1) is 11.8. The van der Waals surface area contributed by atoms with Crippen LogP contribution in [-0.4, -0.2) is 31.1 Å². The molecule has 0 fully saturated rings. The van der Waals surface area contributed by atoms with Gasteiger partial charge in [-0.2, -0.15) is 0 Å². The molecule has 0 aliphatic heterocycles. The maximum atomic E-state index is 13.8. The predicted octanol–water partition coefficient (Wildman–Crippen LogP) is 4.22. The molecule has 0 saturated carbocycles. The Morgan fingerprint density at radius 3 is 2.52 bits per heavy atom. The van der Waals surface area contributed by atoms with E-state index in [4.69, 9.17) is 21.1 Å². The number of aryl methyl sites for hydroxylation is 1. The van der Waals surface area contributed by atoms with Gasteiger partial charge in [-0.15, -0.1) is 0 Å². The summed E-state index contributed by atoms with van der Waals surface area (Å²) < 4.78 is 24.4. The van der Waals surface area contributed by atoms with Crippen molar-refractivity contribution in [1.82, 2.24) is 4.90 Å². The van der Waals surface area contributed by atoms with Crippen molar-refractivity contribution < 1.29 is 18.7 Å². The van der Waals surface area contributed by atoms with Crippen molar-refractivity contribution in [2.24, 2.45) is 0 Å². The second kappa shape index (κ2) is 8.21. The molecule has 4 nitrogen and oxygen atoms in total. The summed E-state index contributed by atoms with van der Waals surface area (Å²) in [6, 6.07) is 9.85. The molecule has 0 heterocycles. The van der Waals surface area contributed by atoms with Crippen LogP contribution in [0.15, 0.2) is 36.4 Å². The Hall–Kier alpha value is -2.27. The smallest absolute Gasteiger partial charge is 0.263 e. The Kier molecular flexibility index (Phi) is 6.26. The van der Waals surface area contributed by atoms with E-state index >= 15 is 0 Å². The minimum Gasteiger partial charge on any atom is -0.494 e. The molecule has 134 valence electrons. The fraction of sp³-hybridized carbons (Fsp3) is 0.316. The molecule has 2 rings (SSSR count). The van der Waals surface area contributed by atoms with Crippen molar-refractivity contribution >= 4 is 17.5 Å². The number of nitrogens with zero attached hydrogens (tertiary/aromatic N) is 1. The van der Waals surface area contributed by atoms with Crippen LogP contribution >= 0.6 is 11.6 Å². The molecule has 0 saturated heterocycles. The van der Waals surface area contributed by atoms with Gasteiger partial charge in [0.25, 0.3) is 5.91 Å². The number of ether oxygens (including phenoxy) is 2. The summed E-state index contributed by atoms with van der Waals surface area (Å²) in [5.41, 5.74) is 1.52. The third-order valence-corrected chi connectivity index (χ3v) is 4.04. The molecule has 1 unspecified atom stereocenters. The number of benzene rings is 2. The van der Waals surface area contributed by atoms with Gasteiger partial charge in [0, 0.05) is 18.6 Å². The Balaban J connectivity index is 2.02. The van der Waals surface area contributed by atoms with E-state index in [0.29, 0.717) is 16.3 Å². The average molecular weight is 366 g/mol. The maximum Gasteiger partial charge on any atom is 0.263 e. The van der Waals surface area contributed by atoms with Gasteiger partial charge in [0.1, 0.15) is 5.75 Å². The highest BCUT2D eigenvalue weighted by Gasteiger charge is 2.20. The summed E-state index contributed by atoms with van der Waals surface area (Å²) in [5.74, 6) is 0.120. The van der Waals surface area contributed by atoms with Gasteiger partial charge in [-0.3, -0.25) is 4.79 Å². The largest absolute Gasteiger partial charge is 0.494 e. The molecule has 0 radical (unpaired) electrons. The number of hydrogen-bond acceptors (Lipinski definition) is 3. The van der Waals surface area contributed by atoms with Crippen LogP contribution in [0.5, 0.6) is 11.5 Å². The topological polar surface area (TPSA) is 38.8 Å². The second-order valence-electron chi connectivity index (χ2n) is 5.83. The summed E-state index contributed by atoms with van der Waals surface area (Å²) in [6.07, 6.45) is -0.673. The SMILES string of the molecule is COc1ccc(CN(C)C(=O)C(C)Oc2ccc(Cl)cc2C)cc1F. The molecule has 2 aromatic carbocycles. The van der Waals surface area contributed by atoms with Crippen LogP contribution in [0.4, 0.5) is 4.39 Å². The van der Waals surface area contributed by atoms with Gasteiger partial charge in [-0.1, -0.05) is 17.7 Å². The van der Waals surface area contributed by atoms with Gasteiger partial charge in [0.15, 0.2) is 17.7 Å². The summed E-state index contributed by atoms with van der Waals surface area (Å²) in [6.45, 7) is 3.82. The van der Waals surface area contributed by atoms with Crippen molar-refractivity contribution in [2.45, 2.75) is 26.5 Å². The minimum atomic E-state index is -0.673. The van der Waals surface area contributed by atoms with E-state index in [1.807, 2.05) is 6.92 Å². The molecule has 0 spiro atoms. The van der Waals surface area contributed by atoms with E-state index in [1.165, 1.54) is 18.1 Å². The molecule has 0 bridgehead atoms. The van der Waals surface area contributed by atoms with E-state index in [-0.39, 0.29) is 18.2 Å². The van der Waals surface area contributed by atoms with Crippen molar-refractivity contribution in [3.05, 3.63) is 58.4 Å². The number of likely N-dealkylation sites (N-methyl/N-ethyl adjacent to an activating group) is 1. The number of halogens is 2. The van der Waals surface area contributed by atoms with Crippen LogP contribution in [0.25, 0.3) is 0 Å². The van der Waals surface area contributed by atoms with Crippen molar-refractivity contribution in [2.75, 3.05) is 14.2 Å². The second-order valence-corrected chi connectivity index (χ2v) is 6.27. The van der Waals surface area contributed by atoms with E-state index in [2.05, 4.69) is 0 Å². The molecule has 0 aliphatic carbocycles. The number of carbonyl (C=O) groups is 1. The normalized spacial score (nSPS) is 11.8. The Morgan fingerprint density at radius 1 is 1.24 bits per heavy atom. The van der Waals surface area contributed by atoms with Gasteiger partial charge in [-0.05, 0) is 55.3 Å². The molecular weight excluding hydrogens is 345 g/mol. The van der Waals surface area contributed by atoms with Crippen LogP contribution in [0.2, 0.25) is 5.02 Å². The standard InChI is InChI=1S/C19H21ClFNO3/c1-12-9-15(20)6-8-17(12)25-13(2)19(23)22(3)11-14-5-7-18(24-4)16(21)10-14/h5-10,13H,11H2,1-4H3. The zero-order valence-corrected chi connectivity index (χ0v) is 15.4. The molecular formula is C19H21ClFNO3. The third kappa shape index (κ3) is 4.86. The van der Waals surface area contributed by atoms with Crippen molar-refractivity contribution in [3.8, 4) is 11.5 Å². The zero-order chi connectivity index (χ0) is 18.6. The molecule has 6 heteroatoms. The van der Waals surface area contributed by atoms with Crippen LogP contribution in [0.1, 0.15) is 18.1 Å². The summed E-state index contributed by atoms with van der Waals surface area (Å²) >= 11 is 5.92. The average Bonchev–Trinajstić information content (AvgIpc) is 2.56. The van der Waals surface area contributed by atoms with Crippen LogP contribution in [-0.2, 0) is 11.3 Å². The van der Waals surface area contributed by atoms with Crippen molar-refractivity contribution in [3.63, 3.8) is 0 Å². The van der Waals surface area contributed by atoms with Gasteiger partial charge in [0.05, 0.1) is 7.11 Å². The van der Waals surface area contributed by atoms with E-state index in [1.54, 1.807) is 44.3 Å². The van der Waals surface area contributed by atoms with Gasteiger partial charge in [0.2, 0.25) is 0 Å². The maximum absolute atomic E-state index is 13.8. The van der Waals surface area contributed by atoms with Crippen LogP contribution < -0.4 is 9.47 Å². The lowest BCUT2D eigenvalue weighted by molar-refractivity contribution is -0.137. The predicted molar refractivity (Wildman–Crippen MR) is 95.7 cm³/mol. The Labute approximate surface area is 152 Å². The highest BCUT2D eigenvalue weighted by Crippen LogP contribution is 2.23. The molecule has 2 aromatic rings. The molecule has 1 amide bonds. The number of carbonyl (C=O) groups excluding carboxylic acids is 1. The lowest BCUT2D eigenvalue weighted by atomic mass is 10.2. The zero-order valence-electron chi connectivity index (χ0n) is 14.7. The number of rotatable bonds is 6. The van der Waals surface area contributed by atoms with E-state index in [0.717, 1.165) is 5.56 Å². The van der Waals surface area contributed by atoms with Gasteiger partial charge in [-0.25, -0.2) is 4.39 Å². The fourth-order valence-corrected chi connectivity index (χ4v) is 2.68. The van der Waals surface area contributed by atoms with Crippen molar-refractivity contribution in [1.29, 1.82) is 0 Å². The monoisotopic (exact) mass is 365 g/mol.